The number of aliphatic hydroxyl groups is 1. The van der Waals surface area contributed by atoms with Gasteiger partial charge >= 0.3 is 5.76 Å². The van der Waals surface area contributed by atoms with Gasteiger partial charge in [-0.2, -0.15) is 8.78 Å². The molecule has 0 aromatic heterocycles. The Bertz CT molecular complexity index is 942. The van der Waals surface area contributed by atoms with Gasteiger partial charge in [0.15, 0.2) is 0 Å². The first-order chi connectivity index (χ1) is 12.1. The monoisotopic (exact) mass is 406 g/mol. The molecule has 0 saturated carbocycles. The van der Waals surface area contributed by atoms with Crippen molar-refractivity contribution in [1.82, 2.24) is 0 Å². The first-order valence-corrected chi connectivity index (χ1v) is 9.54. The molecule has 0 radical (unpaired) electrons. The van der Waals surface area contributed by atoms with Gasteiger partial charge < -0.3 is 9.84 Å². The summed E-state index contributed by atoms with van der Waals surface area (Å²) in [6, 6.07) is 5.72. The van der Waals surface area contributed by atoms with Crippen molar-refractivity contribution in [2.45, 2.75) is 36.0 Å². The van der Waals surface area contributed by atoms with Crippen LogP contribution in [0, 0.1) is 5.82 Å². The van der Waals surface area contributed by atoms with Gasteiger partial charge in [0.25, 0.3) is 0 Å². The fourth-order valence-corrected chi connectivity index (χ4v) is 4.38. The van der Waals surface area contributed by atoms with Crippen molar-refractivity contribution in [3.05, 3.63) is 52.3 Å². The second-order valence-electron chi connectivity index (χ2n) is 6.05. The predicted molar refractivity (Wildman–Crippen MR) is 89.1 cm³/mol. The number of fused-ring (bicyclic) bond motifs is 1. The van der Waals surface area contributed by atoms with E-state index in [1.807, 2.05) is 0 Å². The van der Waals surface area contributed by atoms with E-state index in [0.29, 0.717) is 5.56 Å². The molecule has 1 aliphatic carbocycles. The van der Waals surface area contributed by atoms with Gasteiger partial charge in [0, 0.05) is 22.2 Å². The van der Waals surface area contributed by atoms with Crippen LogP contribution in [0.3, 0.4) is 0 Å². The Morgan fingerprint density at radius 2 is 1.92 bits per heavy atom. The van der Waals surface area contributed by atoms with E-state index in [2.05, 4.69) is 0 Å². The van der Waals surface area contributed by atoms with Crippen LogP contribution in [0.1, 0.15) is 36.5 Å². The molecule has 0 heterocycles. The molecule has 0 aliphatic heterocycles. The summed E-state index contributed by atoms with van der Waals surface area (Å²) < 4.78 is 68.9. The number of sulfone groups is 1. The number of rotatable bonds is 4. The number of alkyl halides is 2. The lowest BCUT2D eigenvalue weighted by Gasteiger charge is -2.17. The van der Waals surface area contributed by atoms with E-state index in [1.54, 1.807) is 6.92 Å². The van der Waals surface area contributed by atoms with E-state index in [9.17, 15) is 26.7 Å². The third-order valence-electron chi connectivity index (χ3n) is 4.21. The zero-order valence-electron chi connectivity index (χ0n) is 13.4. The van der Waals surface area contributed by atoms with Crippen molar-refractivity contribution in [2.24, 2.45) is 0 Å². The average Bonchev–Trinajstić information content (AvgIpc) is 2.82. The minimum Gasteiger partial charge on any atom is -0.457 e. The van der Waals surface area contributed by atoms with E-state index >= 15 is 0 Å². The SMILES string of the molecule is CC1CC(O)c2c(S(=O)(=O)C(F)F)ccc(Oc3cc(F)cc(Cl)c3)c21. The van der Waals surface area contributed by atoms with E-state index in [1.165, 1.54) is 12.1 Å². The maximum absolute atomic E-state index is 13.5. The van der Waals surface area contributed by atoms with Crippen LogP contribution < -0.4 is 4.74 Å². The molecule has 140 valence electrons. The minimum atomic E-state index is -4.89. The lowest BCUT2D eigenvalue weighted by atomic mass is 10.0. The van der Waals surface area contributed by atoms with Gasteiger partial charge in [-0.1, -0.05) is 18.5 Å². The molecule has 0 fully saturated rings. The normalized spacial score (nSPS) is 19.7. The Kier molecular flexibility index (Phi) is 4.94. The topological polar surface area (TPSA) is 63.6 Å². The molecule has 0 bridgehead atoms. The van der Waals surface area contributed by atoms with Gasteiger partial charge in [-0.3, -0.25) is 0 Å². The molecule has 1 N–H and O–H groups in total. The standard InChI is InChI=1S/C17H14ClF3O4S/c1-8-4-12(22)16-14(26(23,24)17(20)21)3-2-13(15(8)16)25-11-6-9(18)5-10(19)7-11/h2-3,5-8,12,17,22H,4H2,1H3. The van der Waals surface area contributed by atoms with Gasteiger partial charge in [-0.05, 0) is 36.6 Å². The summed E-state index contributed by atoms with van der Waals surface area (Å²) in [5, 5.41) is 10.3. The zero-order valence-corrected chi connectivity index (χ0v) is 15.0. The lowest BCUT2D eigenvalue weighted by molar-refractivity contribution is 0.171. The van der Waals surface area contributed by atoms with Crippen LogP contribution in [0.15, 0.2) is 35.2 Å². The highest BCUT2D eigenvalue weighted by atomic mass is 35.5. The molecule has 0 amide bonds. The van der Waals surface area contributed by atoms with Crippen LogP contribution in [-0.4, -0.2) is 19.3 Å². The van der Waals surface area contributed by atoms with Crippen LogP contribution >= 0.6 is 11.6 Å². The first kappa shape index (κ1) is 19.0. The molecule has 2 aromatic carbocycles. The second-order valence-corrected chi connectivity index (χ2v) is 8.38. The quantitative estimate of drug-likeness (QED) is 0.791. The van der Waals surface area contributed by atoms with Gasteiger partial charge in [-0.25, -0.2) is 12.8 Å². The van der Waals surface area contributed by atoms with Gasteiger partial charge in [0.2, 0.25) is 9.84 Å². The third kappa shape index (κ3) is 3.28. The predicted octanol–water partition coefficient (Wildman–Crippen LogP) is 4.81. The van der Waals surface area contributed by atoms with Crippen LogP contribution in [0.25, 0.3) is 0 Å². The molecule has 26 heavy (non-hydrogen) atoms. The van der Waals surface area contributed by atoms with Crippen LogP contribution in [-0.2, 0) is 9.84 Å². The third-order valence-corrected chi connectivity index (χ3v) is 5.87. The van der Waals surface area contributed by atoms with Crippen molar-refractivity contribution >= 4 is 21.4 Å². The summed E-state index contributed by atoms with van der Waals surface area (Å²) in [7, 11) is -4.89. The van der Waals surface area contributed by atoms with Crippen LogP contribution in [0.2, 0.25) is 5.02 Å². The molecule has 9 heteroatoms. The summed E-state index contributed by atoms with van der Waals surface area (Å²) in [6.07, 6.45) is -1.06. The average molecular weight is 407 g/mol. The fourth-order valence-electron chi connectivity index (χ4n) is 3.17. The van der Waals surface area contributed by atoms with Gasteiger partial charge in [-0.15, -0.1) is 0 Å². The van der Waals surface area contributed by atoms with Gasteiger partial charge in [0.1, 0.15) is 17.3 Å². The zero-order chi connectivity index (χ0) is 19.2. The molecule has 0 spiro atoms. The van der Waals surface area contributed by atoms with Crippen LogP contribution in [0.5, 0.6) is 11.5 Å². The Morgan fingerprint density at radius 1 is 1.23 bits per heavy atom. The van der Waals surface area contributed by atoms with Crippen molar-refractivity contribution in [1.29, 1.82) is 0 Å². The first-order valence-electron chi connectivity index (χ1n) is 7.62. The largest absolute Gasteiger partial charge is 0.457 e. The summed E-state index contributed by atoms with van der Waals surface area (Å²) in [4.78, 5) is -0.621. The molecular formula is C17H14ClF3O4S. The Morgan fingerprint density at radius 3 is 2.54 bits per heavy atom. The summed E-state index contributed by atoms with van der Waals surface area (Å²) in [6.45, 7) is 1.71. The lowest BCUT2D eigenvalue weighted by Crippen LogP contribution is -2.15. The molecule has 4 nitrogen and oxygen atoms in total. The molecule has 0 saturated heterocycles. The van der Waals surface area contributed by atoms with Crippen LogP contribution in [0.4, 0.5) is 13.2 Å². The Balaban J connectivity index is 2.15. The Labute approximate surface area is 153 Å². The molecule has 1 aliphatic rings. The highest BCUT2D eigenvalue weighted by molar-refractivity contribution is 7.91. The van der Waals surface area contributed by atoms with E-state index in [0.717, 1.165) is 18.2 Å². The van der Waals surface area contributed by atoms with Crippen molar-refractivity contribution in [2.75, 3.05) is 0 Å². The molecule has 2 unspecified atom stereocenters. The minimum absolute atomic E-state index is 0.0651. The molecule has 3 rings (SSSR count). The maximum atomic E-state index is 13.5. The summed E-state index contributed by atoms with van der Waals surface area (Å²) >= 11 is 5.78. The van der Waals surface area contributed by atoms with Gasteiger partial charge in [0.05, 0.1) is 11.0 Å². The maximum Gasteiger partial charge on any atom is 0.341 e. The second kappa shape index (κ2) is 6.75. The molecule has 2 aromatic rings. The highest BCUT2D eigenvalue weighted by Gasteiger charge is 2.39. The van der Waals surface area contributed by atoms with E-state index < -0.39 is 32.4 Å². The molecule has 2 atom stereocenters. The smallest absolute Gasteiger partial charge is 0.341 e. The number of aliphatic hydroxyl groups excluding tert-OH is 1. The number of hydrogen-bond donors (Lipinski definition) is 1. The number of ether oxygens (including phenoxy) is 1. The number of benzene rings is 2. The Hall–Kier alpha value is -1.77. The summed E-state index contributed by atoms with van der Waals surface area (Å²) in [5.41, 5.74) is 0.206. The van der Waals surface area contributed by atoms with Crippen molar-refractivity contribution in [3.8, 4) is 11.5 Å². The summed E-state index contributed by atoms with van der Waals surface area (Å²) in [5.74, 6) is -4.36. The molecular weight excluding hydrogens is 393 g/mol. The van der Waals surface area contributed by atoms with E-state index in [4.69, 9.17) is 16.3 Å². The van der Waals surface area contributed by atoms with Crippen molar-refractivity contribution < 1.29 is 31.4 Å². The van der Waals surface area contributed by atoms with E-state index in [-0.39, 0.29) is 34.4 Å². The van der Waals surface area contributed by atoms with Crippen molar-refractivity contribution in [3.63, 3.8) is 0 Å². The number of hydrogen-bond acceptors (Lipinski definition) is 4. The highest BCUT2D eigenvalue weighted by Crippen LogP contribution is 2.49. The fraction of sp³-hybridized carbons (Fsp3) is 0.294. The number of halogens is 4.